The summed E-state index contributed by atoms with van der Waals surface area (Å²) in [6.45, 7) is 9.77. The first-order chi connectivity index (χ1) is 10.1. The van der Waals surface area contributed by atoms with E-state index in [0.29, 0.717) is 0 Å². The number of para-hydroxylation sites is 1. The van der Waals surface area contributed by atoms with E-state index < -0.39 is 0 Å². The Hall–Kier alpha value is -1.61. The molecule has 112 valence electrons. The molecule has 0 bridgehead atoms. The number of fused-ring (bicyclic) bond motifs is 1. The van der Waals surface area contributed by atoms with E-state index in [9.17, 15) is 0 Å². The SMILES string of the molecule is CCNCc1cc(N2CCCC2(C)C)c2ccccc2n1. The normalized spacial score (nSPS) is 17.6. The molecule has 1 aromatic heterocycles. The zero-order valence-corrected chi connectivity index (χ0v) is 13.3. The molecule has 3 heteroatoms. The van der Waals surface area contributed by atoms with Crippen molar-refractivity contribution in [2.45, 2.75) is 45.7 Å². The molecule has 0 radical (unpaired) electrons. The van der Waals surface area contributed by atoms with Crippen LogP contribution in [0.1, 0.15) is 39.3 Å². The lowest BCUT2D eigenvalue weighted by molar-refractivity contribution is 0.518. The molecule has 0 aliphatic carbocycles. The van der Waals surface area contributed by atoms with Crippen LogP contribution in [0.3, 0.4) is 0 Å². The van der Waals surface area contributed by atoms with Gasteiger partial charge in [-0.25, -0.2) is 0 Å². The first-order valence-electron chi connectivity index (χ1n) is 7.99. The maximum atomic E-state index is 4.80. The van der Waals surface area contributed by atoms with Gasteiger partial charge in [-0.3, -0.25) is 4.98 Å². The van der Waals surface area contributed by atoms with Gasteiger partial charge in [0.25, 0.3) is 0 Å². The highest BCUT2D eigenvalue weighted by molar-refractivity contribution is 5.92. The summed E-state index contributed by atoms with van der Waals surface area (Å²) in [4.78, 5) is 7.37. The van der Waals surface area contributed by atoms with E-state index in [1.165, 1.54) is 23.9 Å². The van der Waals surface area contributed by atoms with Gasteiger partial charge in [-0.1, -0.05) is 25.1 Å². The van der Waals surface area contributed by atoms with Crippen molar-refractivity contribution in [1.29, 1.82) is 0 Å². The first kappa shape index (κ1) is 14.3. The summed E-state index contributed by atoms with van der Waals surface area (Å²) in [5.74, 6) is 0. The fourth-order valence-electron chi connectivity index (χ4n) is 3.33. The average molecular weight is 283 g/mol. The minimum Gasteiger partial charge on any atom is -0.366 e. The summed E-state index contributed by atoms with van der Waals surface area (Å²) < 4.78 is 0. The fourth-order valence-corrected chi connectivity index (χ4v) is 3.33. The molecule has 0 saturated carbocycles. The second-order valence-corrected chi connectivity index (χ2v) is 6.50. The summed E-state index contributed by atoms with van der Waals surface area (Å²) >= 11 is 0. The highest BCUT2D eigenvalue weighted by atomic mass is 15.2. The Morgan fingerprint density at radius 1 is 1.29 bits per heavy atom. The zero-order valence-electron chi connectivity index (χ0n) is 13.3. The van der Waals surface area contributed by atoms with E-state index >= 15 is 0 Å². The van der Waals surface area contributed by atoms with Gasteiger partial charge < -0.3 is 10.2 Å². The van der Waals surface area contributed by atoms with Crippen molar-refractivity contribution in [3.05, 3.63) is 36.0 Å². The van der Waals surface area contributed by atoms with E-state index in [2.05, 4.69) is 61.3 Å². The number of nitrogens with zero attached hydrogens (tertiary/aromatic N) is 2. The topological polar surface area (TPSA) is 28.2 Å². The van der Waals surface area contributed by atoms with E-state index in [1.807, 2.05) is 0 Å². The van der Waals surface area contributed by atoms with Crippen LogP contribution in [-0.4, -0.2) is 23.6 Å². The van der Waals surface area contributed by atoms with Crippen LogP contribution in [-0.2, 0) is 6.54 Å². The first-order valence-corrected chi connectivity index (χ1v) is 7.99. The van der Waals surface area contributed by atoms with Crippen molar-refractivity contribution in [1.82, 2.24) is 10.3 Å². The van der Waals surface area contributed by atoms with Crippen molar-refractivity contribution in [3.8, 4) is 0 Å². The minimum atomic E-state index is 0.236. The monoisotopic (exact) mass is 283 g/mol. The molecule has 1 fully saturated rings. The van der Waals surface area contributed by atoms with Gasteiger partial charge in [0.1, 0.15) is 0 Å². The Morgan fingerprint density at radius 2 is 2.10 bits per heavy atom. The molecule has 1 N–H and O–H groups in total. The van der Waals surface area contributed by atoms with E-state index in [0.717, 1.165) is 30.8 Å². The molecule has 1 aromatic carbocycles. The van der Waals surface area contributed by atoms with Gasteiger partial charge in [0, 0.05) is 29.7 Å². The third kappa shape index (κ3) is 2.75. The highest BCUT2D eigenvalue weighted by Crippen LogP contribution is 2.37. The highest BCUT2D eigenvalue weighted by Gasteiger charge is 2.33. The molecular weight excluding hydrogens is 258 g/mol. The molecule has 2 heterocycles. The zero-order chi connectivity index (χ0) is 14.9. The molecule has 3 rings (SSSR count). The second kappa shape index (κ2) is 5.64. The summed E-state index contributed by atoms with van der Waals surface area (Å²) in [6.07, 6.45) is 2.53. The van der Waals surface area contributed by atoms with Gasteiger partial charge in [-0.15, -0.1) is 0 Å². The Morgan fingerprint density at radius 3 is 2.81 bits per heavy atom. The average Bonchev–Trinajstić information content (AvgIpc) is 2.83. The lowest BCUT2D eigenvalue weighted by atomic mass is 10.0. The van der Waals surface area contributed by atoms with Crippen LogP contribution in [0.25, 0.3) is 10.9 Å². The third-order valence-corrected chi connectivity index (χ3v) is 4.50. The summed E-state index contributed by atoms with van der Waals surface area (Å²) in [5, 5.41) is 4.66. The van der Waals surface area contributed by atoms with Crippen molar-refractivity contribution >= 4 is 16.6 Å². The van der Waals surface area contributed by atoms with Crippen LogP contribution in [0.2, 0.25) is 0 Å². The molecule has 0 unspecified atom stereocenters. The summed E-state index contributed by atoms with van der Waals surface area (Å²) in [5.41, 5.74) is 3.81. The number of hydrogen-bond donors (Lipinski definition) is 1. The Kier molecular flexibility index (Phi) is 3.85. The summed E-state index contributed by atoms with van der Waals surface area (Å²) in [6, 6.07) is 10.8. The molecule has 1 saturated heterocycles. The molecule has 0 spiro atoms. The van der Waals surface area contributed by atoms with Crippen LogP contribution >= 0.6 is 0 Å². The Bertz CT molecular complexity index is 633. The number of hydrogen-bond acceptors (Lipinski definition) is 3. The van der Waals surface area contributed by atoms with E-state index in [-0.39, 0.29) is 5.54 Å². The summed E-state index contributed by atoms with van der Waals surface area (Å²) in [7, 11) is 0. The van der Waals surface area contributed by atoms with Gasteiger partial charge in [0.15, 0.2) is 0 Å². The number of nitrogens with one attached hydrogen (secondary N) is 1. The van der Waals surface area contributed by atoms with E-state index in [1.54, 1.807) is 0 Å². The molecular formula is C18H25N3. The van der Waals surface area contributed by atoms with E-state index in [4.69, 9.17) is 4.98 Å². The maximum Gasteiger partial charge on any atom is 0.0726 e. The van der Waals surface area contributed by atoms with Crippen molar-refractivity contribution in [3.63, 3.8) is 0 Å². The van der Waals surface area contributed by atoms with Gasteiger partial charge in [0.05, 0.1) is 11.2 Å². The maximum absolute atomic E-state index is 4.80. The molecule has 2 aromatic rings. The lowest BCUT2D eigenvalue weighted by Gasteiger charge is -2.34. The number of benzene rings is 1. The van der Waals surface area contributed by atoms with Crippen molar-refractivity contribution in [2.24, 2.45) is 0 Å². The van der Waals surface area contributed by atoms with Gasteiger partial charge >= 0.3 is 0 Å². The van der Waals surface area contributed by atoms with Crippen LogP contribution in [0.15, 0.2) is 30.3 Å². The van der Waals surface area contributed by atoms with Gasteiger partial charge in [0.2, 0.25) is 0 Å². The molecule has 0 amide bonds. The molecule has 1 aliphatic rings. The van der Waals surface area contributed by atoms with Gasteiger partial charge in [-0.05, 0) is 45.4 Å². The van der Waals surface area contributed by atoms with Crippen LogP contribution in [0.5, 0.6) is 0 Å². The number of aromatic nitrogens is 1. The molecule has 3 nitrogen and oxygen atoms in total. The largest absolute Gasteiger partial charge is 0.366 e. The van der Waals surface area contributed by atoms with Crippen molar-refractivity contribution < 1.29 is 0 Å². The van der Waals surface area contributed by atoms with Crippen molar-refractivity contribution in [2.75, 3.05) is 18.0 Å². The van der Waals surface area contributed by atoms with Crippen LogP contribution in [0.4, 0.5) is 5.69 Å². The molecule has 0 atom stereocenters. The second-order valence-electron chi connectivity index (χ2n) is 6.50. The van der Waals surface area contributed by atoms with Crippen LogP contribution < -0.4 is 10.2 Å². The number of pyridine rings is 1. The van der Waals surface area contributed by atoms with Crippen LogP contribution in [0, 0.1) is 0 Å². The Balaban J connectivity index is 2.10. The number of rotatable bonds is 4. The Labute approximate surface area is 127 Å². The smallest absolute Gasteiger partial charge is 0.0726 e. The standard InChI is InChI=1S/C18H25N3/c1-4-19-13-14-12-17(21-11-7-10-18(21,2)3)15-8-5-6-9-16(15)20-14/h5-6,8-9,12,19H,4,7,10-11,13H2,1-3H3. The van der Waals surface area contributed by atoms with Gasteiger partial charge in [-0.2, -0.15) is 0 Å². The predicted octanol–water partition coefficient (Wildman–Crippen LogP) is 3.72. The lowest BCUT2D eigenvalue weighted by Crippen LogP contribution is -2.38. The molecule has 1 aliphatic heterocycles. The quantitative estimate of drug-likeness (QED) is 0.927. The number of anilines is 1. The minimum absolute atomic E-state index is 0.236. The third-order valence-electron chi connectivity index (χ3n) is 4.50. The molecule has 21 heavy (non-hydrogen) atoms. The fraction of sp³-hybridized carbons (Fsp3) is 0.500. The predicted molar refractivity (Wildman–Crippen MR) is 89.8 cm³/mol.